The van der Waals surface area contributed by atoms with Gasteiger partial charge in [-0.2, -0.15) is 17.4 Å². The second-order valence-corrected chi connectivity index (χ2v) is 7.28. The summed E-state index contributed by atoms with van der Waals surface area (Å²) in [6.45, 7) is 1.76. The molecule has 1 aromatic carbocycles. The number of benzene rings is 1. The molecule has 2 aliphatic rings. The highest BCUT2D eigenvalue weighted by atomic mass is 35.5. The fourth-order valence-corrected chi connectivity index (χ4v) is 4.10. The maximum atomic E-state index is 12.2. The molecule has 0 amide bonds. The highest BCUT2D eigenvalue weighted by molar-refractivity contribution is 7.87. The Bertz CT molecular complexity index is 587. The third kappa shape index (κ3) is 3.15. The van der Waals surface area contributed by atoms with Crippen LogP contribution in [-0.4, -0.2) is 45.1 Å². The van der Waals surface area contributed by atoms with E-state index in [1.54, 1.807) is 0 Å². The molecular formula is C13H17ClN2O3S. The molecule has 0 bridgehead atoms. The molecule has 0 spiro atoms. The Hall–Kier alpha value is -0.660. The topological polar surface area (TPSA) is 58.6 Å². The second kappa shape index (κ2) is 5.61. The lowest BCUT2D eigenvalue weighted by molar-refractivity contribution is 0.0724. The monoisotopic (exact) mass is 316 g/mol. The van der Waals surface area contributed by atoms with Crippen molar-refractivity contribution in [1.29, 1.82) is 0 Å². The van der Waals surface area contributed by atoms with E-state index in [-0.39, 0.29) is 12.0 Å². The van der Waals surface area contributed by atoms with Gasteiger partial charge in [-0.3, -0.25) is 0 Å². The lowest BCUT2D eigenvalue weighted by atomic mass is 10.1. The van der Waals surface area contributed by atoms with Gasteiger partial charge in [0, 0.05) is 30.1 Å². The summed E-state index contributed by atoms with van der Waals surface area (Å²) in [6, 6.07) is 7.57. The van der Waals surface area contributed by atoms with Crippen LogP contribution in [0.4, 0.5) is 0 Å². The molecule has 110 valence electrons. The van der Waals surface area contributed by atoms with Crippen LogP contribution in [0.15, 0.2) is 24.3 Å². The van der Waals surface area contributed by atoms with E-state index in [2.05, 4.69) is 4.72 Å². The molecule has 1 saturated heterocycles. The molecule has 20 heavy (non-hydrogen) atoms. The summed E-state index contributed by atoms with van der Waals surface area (Å²) < 4.78 is 33.8. The largest absolute Gasteiger partial charge is 0.379 e. The average Bonchev–Trinajstić information content (AvgIpc) is 3.18. The molecule has 1 heterocycles. The zero-order valence-corrected chi connectivity index (χ0v) is 12.5. The van der Waals surface area contributed by atoms with Gasteiger partial charge in [0.2, 0.25) is 0 Å². The van der Waals surface area contributed by atoms with Gasteiger partial charge in [-0.1, -0.05) is 23.7 Å². The van der Waals surface area contributed by atoms with Crippen molar-refractivity contribution < 1.29 is 13.2 Å². The molecule has 0 aromatic heterocycles. The van der Waals surface area contributed by atoms with E-state index in [1.165, 1.54) is 4.31 Å². The summed E-state index contributed by atoms with van der Waals surface area (Å²) in [5.74, 6) is 0.226. The number of halogens is 1. The molecule has 2 atom stereocenters. The van der Waals surface area contributed by atoms with Gasteiger partial charge >= 0.3 is 0 Å². The Morgan fingerprint density at radius 1 is 1.30 bits per heavy atom. The van der Waals surface area contributed by atoms with Crippen molar-refractivity contribution in [2.75, 3.05) is 26.3 Å². The van der Waals surface area contributed by atoms with E-state index >= 15 is 0 Å². The smallest absolute Gasteiger partial charge is 0.279 e. The van der Waals surface area contributed by atoms with Crippen LogP contribution < -0.4 is 4.72 Å². The van der Waals surface area contributed by atoms with Crippen LogP contribution in [0, 0.1) is 0 Å². The Morgan fingerprint density at radius 2 is 2.05 bits per heavy atom. The van der Waals surface area contributed by atoms with Crippen LogP contribution in [-0.2, 0) is 14.9 Å². The molecule has 3 rings (SSSR count). The van der Waals surface area contributed by atoms with Crippen LogP contribution in [0.2, 0.25) is 5.02 Å². The number of ether oxygens (including phenoxy) is 1. The predicted molar refractivity (Wildman–Crippen MR) is 77.0 cm³/mol. The number of nitrogens with zero attached hydrogens (tertiary/aromatic N) is 1. The minimum absolute atomic E-state index is 0.0266. The average molecular weight is 317 g/mol. The van der Waals surface area contributed by atoms with Crippen LogP contribution in [0.1, 0.15) is 17.9 Å². The molecule has 1 aliphatic heterocycles. The van der Waals surface area contributed by atoms with Crippen molar-refractivity contribution in [3.63, 3.8) is 0 Å². The van der Waals surface area contributed by atoms with Gasteiger partial charge in [0.25, 0.3) is 10.2 Å². The van der Waals surface area contributed by atoms with E-state index in [0.29, 0.717) is 31.3 Å². The molecule has 0 unspecified atom stereocenters. The van der Waals surface area contributed by atoms with Crippen LogP contribution in [0.5, 0.6) is 0 Å². The third-order valence-electron chi connectivity index (χ3n) is 3.68. The maximum Gasteiger partial charge on any atom is 0.279 e. The van der Waals surface area contributed by atoms with E-state index in [9.17, 15) is 8.42 Å². The first-order valence-electron chi connectivity index (χ1n) is 6.67. The van der Waals surface area contributed by atoms with Gasteiger partial charge in [-0.05, 0) is 24.1 Å². The lowest BCUT2D eigenvalue weighted by Gasteiger charge is -2.26. The van der Waals surface area contributed by atoms with Gasteiger partial charge in [0.05, 0.1) is 13.2 Å². The summed E-state index contributed by atoms with van der Waals surface area (Å²) in [5.41, 5.74) is 1.09. The first-order valence-corrected chi connectivity index (χ1v) is 8.49. The van der Waals surface area contributed by atoms with Crippen molar-refractivity contribution in [2.24, 2.45) is 0 Å². The Labute approximate surface area is 124 Å². The van der Waals surface area contributed by atoms with Crippen molar-refractivity contribution >= 4 is 21.8 Å². The standard InChI is InChI=1S/C13H17ClN2O3S/c14-11-3-1-2-10(8-11)12-9-13(12)15-20(17,18)16-4-6-19-7-5-16/h1-3,8,12-13,15H,4-7,9H2/t12-,13+/m0/s1. The Morgan fingerprint density at radius 3 is 2.75 bits per heavy atom. The molecule has 2 fully saturated rings. The van der Waals surface area contributed by atoms with E-state index in [4.69, 9.17) is 16.3 Å². The molecule has 1 aromatic rings. The minimum Gasteiger partial charge on any atom is -0.379 e. The van der Waals surface area contributed by atoms with Crippen LogP contribution in [0.25, 0.3) is 0 Å². The summed E-state index contributed by atoms with van der Waals surface area (Å²) in [6.07, 6.45) is 0.823. The van der Waals surface area contributed by atoms with Gasteiger partial charge in [0.15, 0.2) is 0 Å². The maximum absolute atomic E-state index is 12.2. The van der Waals surface area contributed by atoms with E-state index < -0.39 is 10.2 Å². The number of nitrogens with one attached hydrogen (secondary N) is 1. The van der Waals surface area contributed by atoms with Gasteiger partial charge in [0.1, 0.15) is 0 Å². The van der Waals surface area contributed by atoms with Gasteiger partial charge in [-0.25, -0.2) is 0 Å². The fourth-order valence-electron chi connectivity index (χ4n) is 2.48. The Kier molecular flexibility index (Phi) is 4.01. The molecule has 1 N–H and O–H groups in total. The quantitative estimate of drug-likeness (QED) is 0.912. The normalized spacial score (nSPS) is 27.4. The summed E-state index contributed by atoms with van der Waals surface area (Å²) in [4.78, 5) is 0. The molecular weight excluding hydrogens is 300 g/mol. The highest BCUT2D eigenvalue weighted by Gasteiger charge is 2.42. The zero-order valence-electron chi connectivity index (χ0n) is 11.0. The van der Waals surface area contributed by atoms with Crippen molar-refractivity contribution in [2.45, 2.75) is 18.4 Å². The number of morpholine rings is 1. The van der Waals surface area contributed by atoms with E-state index in [1.807, 2.05) is 24.3 Å². The van der Waals surface area contributed by atoms with Crippen LogP contribution >= 0.6 is 11.6 Å². The summed E-state index contributed by atoms with van der Waals surface area (Å²) in [5, 5.41) is 0.684. The lowest BCUT2D eigenvalue weighted by Crippen LogP contribution is -2.47. The minimum atomic E-state index is -3.40. The number of hydrogen-bond donors (Lipinski definition) is 1. The first-order chi connectivity index (χ1) is 9.56. The van der Waals surface area contributed by atoms with E-state index in [0.717, 1.165) is 12.0 Å². The van der Waals surface area contributed by atoms with Crippen molar-refractivity contribution in [3.05, 3.63) is 34.9 Å². The fraction of sp³-hybridized carbons (Fsp3) is 0.538. The molecule has 1 aliphatic carbocycles. The van der Waals surface area contributed by atoms with Crippen molar-refractivity contribution in [3.8, 4) is 0 Å². The van der Waals surface area contributed by atoms with Gasteiger partial charge in [-0.15, -0.1) is 0 Å². The number of rotatable bonds is 4. The summed E-state index contributed by atoms with van der Waals surface area (Å²) in [7, 11) is -3.40. The Balaban J connectivity index is 1.62. The van der Waals surface area contributed by atoms with Crippen LogP contribution in [0.3, 0.4) is 0 Å². The molecule has 1 saturated carbocycles. The number of hydrogen-bond acceptors (Lipinski definition) is 3. The molecule has 5 nitrogen and oxygen atoms in total. The summed E-state index contributed by atoms with van der Waals surface area (Å²) >= 11 is 5.96. The van der Waals surface area contributed by atoms with Gasteiger partial charge < -0.3 is 4.74 Å². The zero-order chi connectivity index (χ0) is 14.2. The predicted octanol–water partition coefficient (Wildman–Crippen LogP) is 1.36. The molecule has 7 heteroatoms. The molecule has 0 radical (unpaired) electrons. The SMILES string of the molecule is O=S(=O)(N[C@@H]1C[C@H]1c1cccc(Cl)c1)N1CCOCC1. The van der Waals surface area contributed by atoms with Crippen molar-refractivity contribution in [1.82, 2.24) is 9.03 Å². The third-order valence-corrected chi connectivity index (χ3v) is 5.56. The second-order valence-electron chi connectivity index (χ2n) is 5.14. The highest BCUT2D eigenvalue weighted by Crippen LogP contribution is 2.41. The first kappa shape index (κ1) is 14.3.